The molecular formula is C14H23ClN4OS. The van der Waals surface area contributed by atoms with Crippen LogP contribution in [0.1, 0.15) is 44.0 Å². The second kappa shape index (κ2) is 7.03. The predicted octanol–water partition coefficient (Wildman–Crippen LogP) is 2.63. The van der Waals surface area contributed by atoms with Crippen LogP contribution >= 0.6 is 23.7 Å². The first-order valence-electron chi connectivity index (χ1n) is 7.59. The van der Waals surface area contributed by atoms with E-state index in [1.165, 1.54) is 17.8 Å². The summed E-state index contributed by atoms with van der Waals surface area (Å²) in [6.45, 7) is 3.91. The Morgan fingerprint density at radius 2 is 2.33 bits per heavy atom. The Kier molecular flexibility index (Phi) is 5.57. The van der Waals surface area contributed by atoms with Crippen LogP contribution in [-0.2, 0) is 11.2 Å². The van der Waals surface area contributed by atoms with Gasteiger partial charge in [0, 0.05) is 13.0 Å². The van der Waals surface area contributed by atoms with Crippen LogP contribution in [0.4, 0.5) is 5.13 Å². The Bertz CT molecular complexity index is 495. The van der Waals surface area contributed by atoms with E-state index in [1.54, 1.807) is 0 Å². The summed E-state index contributed by atoms with van der Waals surface area (Å²) >= 11 is 1.51. The molecule has 2 heterocycles. The molecule has 5 nitrogen and oxygen atoms in total. The Hall–Kier alpha value is -0.720. The molecule has 1 aliphatic carbocycles. The highest BCUT2D eigenvalue weighted by Crippen LogP contribution is 2.44. The van der Waals surface area contributed by atoms with Gasteiger partial charge in [-0.05, 0) is 31.7 Å². The second-order valence-corrected chi connectivity index (χ2v) is 7.00. The largest absolute Gasteiger partial charge is 0.315 e. The summed E-state index contributed by atoms with van der Waals surface area (Å²) in [6, 6.07) is 0. The molecule has 1 aromatic rings. The molecule has 118 valence electrons. The summed E-state index contributed by atoms with van der Waals surface area (Å²) < 4.78 is 0. The average molecular weight is 331 g/mol. The smallest absolute Gasteiger partial charge is 0.234 e. The summed E-state index contributed by atoms with van der Waals surface area (Å²) in [4.78, 5) is 12.7. The maximum absolute atomic E-state index is 12.7. The lowest BCUT2D eigenvalue weighted by molar-refractivity contribution is -0.128. The van der Waals surface area contributed by atoms with Gasteiger partial charge in [0.2, 0.25) is 11.0 Å². The van der Waals surface area contributed by atoms with Crippen molar-refractivity contribution in [3.63, 3.8) is 0 Å². The number of carbonyl (C=O) groups excluding carboxylic acids is 1. The maximum Gasteiger partial charge on any atom is 0.234 e. The summed E-state index contributed by atoms with van der Waals surface area (Å²) in [5.41, 5.74) is -0.213. The van der Waals surface area contributed by atoms with Crippen LogP contribution in [0.3, 0.4) is 0 Å². The molecule has 1 saturated carbocycles. The number of halogens is 1. The van der Waals surface area contributed by atoms with Gasteiger partial charge in [0.1, 0.15) is 5.01 Å². The Balaban J connectivity index is 0.00000161. The van der Waals surface area contributed by atoms with E-state index in [0.717, 1.165) is 50.2 Å². The zero-order chi connectivity index (χ0) is 14.0. The van der Waals surface area contributed by atoms with Gasteiger partial charge in [-0.25, -0.2) is 0 Å². The number of fused-ring (bicyclic) bond motifs is 1. The molecule has 1 aromatic heterocycles. The van der Waals surface area contributed by atoms with Crippen LogP contribution < -0.4 is 10.6 Å². The van der Waals surface area contributed by atoms with Crippen molar-refractivity contribution in [1.29, 1.82) is 0 Å². The van der Waals surface area contributed by atoms with E-state index in [9.17, 15) is 4.79 Å². The molecule has 0 spiro atoms. The molecule has 1 saturated heterocycles. The molecule has 0 bridgehead atoms. The van der Waals surface area contributed by atoms with Crippen molar-refractivity contribution in [2.75, 3.05) is 18.4 Å². The zero-order valence-corrected chi connectivity index (χ0v) is 14.0. The predicted molar refractivity (Wildman–Crippen MR) is 87.0 cm³/mol. The quantitative estimate of drug-likeness (QED) is 0.890. The molecule has 7 heteroatoms. The van der Waals surface area contributed by atoms with Crippen LogP contribution in [-0.4, -0.2) is 29.2 Å². The van der Waals surface area contributed by atoms with Crippen molar-refractivity contribution < 1.29 is 4.79 Å². The molecule has 2 atom stereocenters. The molecule has 3 rings (SSSR count). The van der Waals surface area contributed by atoms with Gasteiger partial charge in [0.15, 0.2) is 0 Å². The molecule has 2 fully saturated rings. The van der Waals surface area contributed by atoms with Crippen molar-refractivity contribution in [2.45, 2.75) is 45.4 Å². The Morgan fingerprint density at radius 3 is 3.14 bits per heavy atom. The van der Waals surface area contributed by atoms with Gasteiger partial charge in [0.05, 0.1) is 5.41 Å². The molecule has 21 heavy (non-hydrogen) atoms. The number of rotatable bonds is 4. The highest BCUT2D eigenvalue weighted by molar-refractivity contribution is 7.15. The fourth-order valence-corrected chi connectivity index (χ4v) is 4.37. The van der Waals surface area contributed by atoms with Gasteiger partial charge < -0.3 is 5.32 Å². The number of carbonyl (C=O) groups is 1. The number of anilines is 1. The lowest BCUT2D eigenvalue weighted by Gasteiger charge is -2.36. The van der Waals surface area contributed by atoms with Crippen LogP contribution in [0.15, 0.2) is 0 Å². The summed E-state index contributed by atoms with van der Waals surface area (Å²) in [5, 5.41) is 16.3. The van der Waals surface area contributed by atoms with Gasteiger partial charge in [-0.15, -0.1) is 22.6 Å². The van der Waals surface area contributed by atoms with E-state index < -0.39 is 0 Å². The van der Waals surface area contributed by atoms with E-state index in [1.807, 2.05) is 0 Å². The first-order chi connectivity index (χ1) is 9.74. The normalized spacial score (nSPS) is 27.8. The highest BCUT2D eigenvalue weighted by atomic mass is 35.5. The standard InChI is InChI=1S/C14H22N4OS.ClH/c1-2-5-11-17-18-13(20-11)16-12(19)14-7-4-3-6-10(14)8-15-9-14;/h10,15H,2-9H2,1H3,(H,16,18,19);1H/t10-,14+;/m0./s1. The lowest BCUT2D eigenvalue weighted by atomic mass is 9.68. The molecular weight excluding hydrogens is 308 g/mol. The monoisotopic (exact) mass is 330 g/mol. The molecule has 0 unspecified atom stereocenters. The average Bonchev–Trinajstić information content (AvgIpc) is 3.06. The second-order valence-electron chi connectivity index (χ2n) is 5.93. The Labute approximate surface area is 135 Å². The summed E-state index contributed by atoms with van der Waals surface area (Å²) in [6.07, 6.45) is 6.56. The minimum Gasteiger partial charge on any atom is -0.315 e. The van der Waals surface area contributed by atoms with E-state index >= 15 is 0 Å². The van der Waals surface area contributed by atoms with Gasteiger partial charge in [0.25, 0.3) is 0 Å². The number of nitrogens with zero attached hydrogens (tertiary/aromatic N) is 2. The number of hydrogen-bond donors (Lipinski definition) is 2. The van der Waals surface area contributed by atoms with E-state index in [2.05, 4.69) is 27.8 Å². The molecule has 1 aliphatic heterocycles. The van der Waals surface area contributed by atoms with E-state index in [-0.39, 0.29) is 23.7 Å². The van der Waals surface area contributed by atoms with Crippen LogP contribution in [0, 0.1) is 11.3 Å². The summed E-state index contributed by atoms with van der Waals surface area (Å²) in [5.74, 6) is 0.630. The van der Waals surface area contributed by atoms with Gasteiger partial charge in [-0.1, -0.05) is 31.1 Å². The number of aromatic nitrogens is 2. The molecule has 1 amide bonds. The first kappa shape index (κ1) is 16.6. The minimum atomic E-state index is -0.213. The third-order valence-corrected chi connectivity index (χ3v) is 5.54. The van der Waals surface area contributed by atoms with Crippen molar-refractivity contribution in [3.05, 3.63) is 5.01 Å². The summed E-state index contributed by atoms with van der Waals surface area (Å²) in [7, 11) is 0. The molecule has 2 aliphatic rings. The van der Waals surface area contributed by atoms with E-state index in [4.69, 9.17) is 0 Å². The van der Waals surface area contributed by atoms with Crippen molar-refractivity contribution in [2.24, 2.45) is 11.3 Å². The van der Waals surface area contributed by atoms with Gasteiger partial charge in [-0.3, -0.25) is 10.1 Å². The number of hydrogen-bond acceptors (Lipinski definition) is 5. The van der Waals surface area contributed by atoms with Crippen molar-refractivity contribution in [1.82, 2.24) is 15.5 Å². The highest BCUT2D eigenvalue weighted by Gasteiger charge is 2.50. The van der Waals surface area contributed by atoms with Crippen LogP contribution in [0.2, 0.25) is 0 Å². The van der Waals surface area contributed by atoms with Crippen molar-refractivity contribution in [3.8, 4) is 0 Å². The molecule has 2 N–H and O–H groups in total. The third kappa shape index (κ3) is 3.22. The molecule has 0 radical (unpaired) electrons. The fourth-order valence-electron chi connectivity index (χ4n) is 3.53. The molecule has 0 aromatic carbocycles. The Morgan fingerprint density at radius 1 is 1.48 bits per heavy atom. The van der Waals surface area contributed by atoms with Crippen LogP contribution in [0.5, 0.6) is 0 Å². The first-order valence-corrected chi connectivity index (χ1v) is 8.41. The number of aryl methyl sites for hydroxylation is 1. The van der Waals surface area contributed by atoms with Gasteiger partial charge >= 0.3 is 0 Å². The zero-order valence-electron chi connectivity index (χ0n) is 12.4. The lowest BCUT2D eigenvalue weighted by Crippen LogP contribution is -2.44. The van der Waals surface area contributed by atoms with Crippen molar-refractivity contribution >= 4 is 34.8 Å². The minimum absolute atomic E-state index is 0. The van der Waals surface area contributed by atoms with E-state index in [0.29, 0.717) is 11.0 Å². The number of amides is 1. The fraction of sp³-hybridized carbons (Fsp3) is 0.786. The third-order valence-electron chi connectivity index (χ3n) is 4.64. The SMILES string of the molecule is CCCc1nnc(NC(=O)[C@@]23CCCC[C@H]2CNC3)s1.Cl. The maximum atomic E-state index is 12.7. The topological polar surface area (TPSA) is 66.9 Å². The van der Waals surface area contributed by atoms with Gasteiger partial charge in [-0.2, -0.15) is 0 Å². The number of nitrogens with one attached hydrogen (secondary N) is 2. The van der Waals surface area contributed by atoms with Crippen LogP contribution in [0.25, 0.3) is 0 Å².